The molecule has 0 radical (unpaired) electrons. The highest BCUT2D eigenvalue weighted by Gasteiger charge is 2.17. The molecule has 0 saturated carbocycles. The molecule has 0 amide bonds. The van der Waals surface area contributed by atoms with E-state index in [0.29, 0.717) is 6.04 Å². The Morgan fingerprint density at radius 2 is 2.33 bits per heavy atom. The van der Waals surface area contributed by atoms with Crippen molar-refractivity contribution in [2.75, 3.05) is 32.8 Å². The average molecular weight is 172 g/mol. The van der Waals surface area contributed by atoms with E-state index in [1.807, 2.05) is 0 Å². The molecule has 2 N–H and O–H groups in total. The van der Waals surface area contributed by atoms with Gasteiger partial charge in [0, 0.05) is 25.7 Å². The Balaban J connectivity index is 1.93. The Hall–Kier alpha value is -0.120. The molecule has 1 unspecified atom stereocenters. The first-order valence-electron chi connectivity index (χ1n) is 4.88. The van der Waals surface area contributed by atoms with Gasteiger partial charge in [0.1, 0.15) is 0 Å². The minimum atomic E-state index is 0.399. The first kappa shape index (κ1) is 9.96. The zero-order valence-corrected chi connectivity index (χ0v) is 7.96. The predicted molar refractivity (Wildman–Crippen MR) is 50.1 cm³/mol. The van der Waals surface area contributed by atoms with Gasteiger partial charge in [0.05, 0.1) is 6.61 Å². The van der Waals surface area contributed by atoms with Gasteiger partial charge in [-0.15, -0.1) is 0 Å². The van der Waals surface area contributed by atoms with Crippen LogP contribution in [0.5, 0.6) is 0 Å². The van der Waals surface area contributed by atoms with E-state index < -0.39 is 0 Å². The number of rotatable bonds is 5. The molecule has 1 aliphatic rings. The van der Waals surface area contributed by atoms with Gasteiger partial charge in [-0.25, -0.2) is 0 Å². The van der Waals surface area contributed by atoms with Crippen LogP contribution >= 0.6 is 0 Å². The molecule has 3 nitrogen and oxygen atoms in total. The SMILES string of the molecule is CCCOCCN1CCC(N)C1. The summed E-state index contributed by atoms with van der Waals surface area (Å²) in [6.07, 6.45) is 2.26. The van der Waals surface area contributed by atoms with E-state index in [0.717, 1.165) is 45.7 Å². The fourth-order valence-corrected chi connectivity index (χ4v) is 1.51. The smallest absolute Gasteiger partial charge is 0.0593 e. The summed E-state index contributed by atoms with van der Waals surface area (Å²) in [4.78, 5) is 2.38. The molecule has 3 heteroatoms. The highest BCUT2D eigenvalue weighted by molar-refractivity contribution is 4.77. The lowest BCUT2D eigenvalue weighted by Gasteiger charge is -2.14. The number of likely N-dealkylation sites (tertiary alicyclic amines) is 1. The van der Waals surface area contributed by atoms with Crippen molar-refractivity contribution >= 4 is 0 Å². The van der Waals surface area contributed by atoms with Crippen LogP contribution < -0.4 is 5.73 Å². The van der Waals surface area contributed by atoms with Crippen LogP contribution in [-0.4, -0.2) is 43.8 Å². The lowest BCUT2D eigenvalue weighted by molar-refractivity contribution is 0.111. The molecule has 1 heterocycles. The number of nitrogens with two attached hydrogens (primary N) is 1. The summed E-state index contributed by atoms with van der Waals surface area (Å²) in [5.41, 5.74) is 5.77. The number of nitrogens with zero attached hydrogens (tertiary/aromatic N) is 1. The molecule has 12 heavy (non-hydrogen) atoms. The molecule has 0 aromatic heterocycles. The van der Waals surface area contributed by atoms with Gasteiger partial charge in [0.25, 0.3) is 0 Å². The summed E-state index contributed by atoms with van der Waals surface area (Å²) in [6.45, 7) is 7.13. The molecule has 1 aliphatic heterocycles. The topological polar surface area (TPSA) is 38.5 Å². The molecule has 0 bridgehead atoms. The summed E-state index contributed by atoms with van der Waals surface area (Å²) in [5, 5.41) is 0. The predicted octanol–water partition coefficient (Wildman–Crippen LogP) is 0.446. The molecule has 1 fully saturated rings. The van der Waals surface area contributed by atoms with E-state index in [4.69, 9.17) is 10.5 Å². The lowest BCUT2D eigenvalue weighted by Crippen LogP contribution is -2.29. The highest BCUT2D eigenvalue weighted by atomic mass is 16.5. The monoisotopic (exact) mass is 172 g/mol. The van der Waals surface area contributed by atoms with E-state index in [1.54, 1.807) is 0 Å². The summed E-state index contributed by atoms with van der Waals surface area (Å²) < 4.78 is 5.40. The van der Waals surface area contributed by atoms with Gasteiger partial charge in [0.2, 0.25) is 0 Å². The number of hydrogen-bond acceptors (Lipinski definition) is 3. The second-order valence-corrected chi connectivity index (χ2v) is 3.46. The third-order valence-corrected chi connectivity index (χ3v) is 2.21. The van der Waals surface area contributed by atoms with E-state index in [-0.39, 0.29) is 0 Å². The Morgan fingerprint density at radius 1 is 1.50 bits per heavy atom. The van der Waals surface area contributed by atoms with Crippen LogP contribution in [0.2, 0.25) is 0 Å². The van der Waals surface area contributed by atoms with Gasteiger partial charge in [0.15, 0.2) is 0 Å². The number of ether oxygens (including phenoxy) is 1. The first-order chi connectivity index (χ1) is 5.83. The van der Waals surface area contributed by atoms with E-state index >= 15 is 0 Å². The minimum absolute atomic E-state index is 0.399. The van der Waals surface area contributed by atoms with Crippen molar-refractivity contribution in [2.24, 2.45) is 5.73 Å². The first-order valence-corrected chi connectivity index (χ1v) is 4.88. The van der Waals surface area contributed by atoms with Crippen LogP contribution in [0.25, 0.3) is 0 Å². The summed E-state index contributed by atoms with van der Waals surface area (Å²) in [5.74, 6) is 0. The van der Waals surface area contributed by atoms with Crippen molar-refractivity contribution in [1.29, 1.82) is 0 Å². The standard InChI is InChI=1S/C9H20N2O/c1-2-6-12-7-5-11-4-3-9(10)8-11/h9H,2-8,10H2,1H3. The van der Waals surface area contributed by atoms with Gasteiger partial charge < -0.3 is 10.5 Å². The molecule has 72 valence electrons. The average Bonchev–Trinajstić information content (AvgIpc) is 2.45. The van der Waals surface area contributed by atoms with Crippen LogP contribution in [0.1, 0.15) is 19.8 Å². The van der Waals surface area contributed by atoms with Gasteiger partial charge in [-0.05, 0) is 19.4 Å². The van der Waals surface area contributed by atoms with Gasteiger partial charge in [-0.1, -0.05) is 6.92 Å². The second kappa shape index (κ2) is 5.51. The lowest BCUT2D eigenvalue weighted by atomic mass is 10.3. The largest absolute Gasteiger partial charge is 0.380 e. The van der Waals surface area contributed by atoms with Gasteiger partial charge >= 0.3 is 0 Å². The summed E-state index contributed by atoms with van der Waals surface area (Å²) >= 11 is 0. The molecule has 1 saturated heterocycles. The van der Waals surface area contributed by atoms with Crippen molar-refractivity contribution in [3.05, 3.63) is 0 Å². The second-order valence-electron chi connectivity index (χ2n) is 3.46. The van der Waals surface area contributed by atoms with E-state index in [1.165, 1.54) is 0 Å². The van der Waals surface area contributed by atoms with Crippen molar-refractivity contribution in [2.45, 2.75) is 25.8 Å². The van der Waals surface area contributed by atoms with Crippen molar-refractivity contribution in [3.63, 3.8) is 0 Å². The van der Waals surface area contributed by atoms with Crippen LogP contribution in [-0.2, 0) is 4.74 Å². The molecular weight excluding hydrogens is 152 g/mol. The van der Waals surface area contributed by atoms with Crippen LogP contribution in [0.15, 0.2) is 0 Å². The molecular formula is C9H20N2O. The third-order valence-electron chi connectivity index (χ3n) is 2.21. The zero-order chi connectivity index (χ0) is 8.81. The third kappa shape index (κ3) is 3.52. The van der Waals surface area contributed by atoms with Crippen LogP contribution in [0, 0.1) is 0 Å². The van der Waals surface area contributed by atoms with Crippen molar-refractivity contribution in [1.82, 2.24) is 4.90 Å². The van der Waals surface area contributed by atoms with Crippen LogP contribution in [0.3, 0.4) is 0 Å². The normalized spacial score (nSPS) is 25.0. The summed E-state index contributed by atoms with van der Waals surface area (Å²) in [7, 11) is 0. The molecule has 0 aromatic rings. The Morgan fingerprint density at radius 3 is 2.92 bits per heavy atom. The molecule has 0 spiro atoms. The molecule has 0 aliphatic carbocycles. The van der Waals surface area contributed by atoms with Crippen LogP contribution in [0.4, 0.5) is 0 Å². The molecule has 1 rings (SSSR count). The minimum Gasteiger partial charge on any atom is -0.380 e. The zero-order valence-electron chi connectivity index (χ0n) is 7.96. The fraction of sp³-hybridized carbons (Fsp3) is 1.00. The maximum atomic E-state index is 5.77. The molecule has 0 aromatic carbocycles. The number of hydrogen-bond donors (Lipinski definition) is 1. The summed E-state index contributed by atoms with van der Waals surface area (Å²) in [6, 6.07) is 0.399. The Labute approximate surface area is 74.9 Å². The highest BCUT2D eigenvalue weighted by Crippen LogP contribution is 2.05. The molecule has 1 atom stereocenters. The maximum Gasteiger partial charge on any atom is 0.0593 e. The fourth-order valence-electron chi connectivity index (χ4n) is 1.51. The van der Waals surface area contributed by atoms with Gasteiger partial charge in [-0.3, -0.25) is 4.90 Å². The quantitative estimate of drug-likeness (QED) is 0.612. The Kier molecular flexibility index (Phi) is 4.58. The maximum absolute atomic E-state index is 5.77. The van der Waals surface area contributed by atoms with Crippen molar-refractivity contribution < 1.29 is 4.74 Å². The van der Waals surface area contributed by atoms with E-state index in [2.05, 4.69) is 11.8 Å². The van der Waals surface area contributed by atoms with Gasteiger partial charge in [-0.2, -0.15) is 0 Å². The van der Waals surface area contributed by atoms with Crippen molar-refractivity contribution in [3.8, 4) is 0 Å². The Bertz CT molecular complexity index is 119. The van der Waals surface area contributed by atoms with E-state index in [9.17, 15) is 0 Å².